The Balaban J connectivity index is 1.96. The lowest BCUT2D eigenvalue weighted by atomic mass is 10.2. The molecule has 0 unspecified atom stereocenters. The monoisotopic (exact) mass is 130 g/mol. The van der Waals surface area contributed by atoms with Crippen LogP contribution in [0.3, 0.4) is 0 Å². The lowest BCUT2D eigenvalue weighted by molar-refractivity contribution is 0.171. The smallest absolute Gasteiger partial charge is 0.107 e. The molecule has 0 aromatic heterocycles. The van der Waals surface area contributed by atoms with Gasteiger partial charge < -0.3 is 9.47 Å². The van der Waals surface area contributed by atoms with Crippen LogP contribution in [0.5, 0.6) is 0 Å². The maximum atomic E-state index is 5.27. The molecule has 0 bridgehead atoms. The van der Waals surface area contributed by atoms with Gasteiger partial charge in [0, 0.05) is 7.11 Å². The molecular weight excluding hydrogens is 116 g/mol. The fourth-order valence-electron chi connectivity index (χ4n) is 1.03. The second kappa shape index (κ2) is 3.18. The molecule has 0 aromatic rings. The quantitative estimate of drug-likeness (QED) is 0.533. The Morgan fingerprint density at radius 2 is 2.22 bits per heavy atom. The SMILES string of the molecule is CCC[C@H]1O[C@H]1COC. The summed E-state index contributed by atoms with van der Waals surface area (Å²) in [7, 11) is 1.71. The van der Waals surface area contributed by atoms with E-state index in [0.717, 1.165) is 6.61 Å². The largest absolute Gasteiger partial charge is 0.382 e. The highest BCUT2D eigenvalue weighted by atomic mass is 16.6. The summed E-state index contributed by atoms with van der Waals surface area (Å²) in [5.74, 6) is 0. The first kappa shape index (κ1) is 7.03. The third-order valence-corrected chi connectivity index (χ3v) is 1.59. The zero-order valence-electron chi connectivity index (χ0n) is 6.09. The van der Waals surface area contributed by atoms with Gasteiger partial charge in [0.2, 0.25) is 0 Å². The molecule has 1 heterocycles. The Labute approximate surface area is 56.2 Å². The number of rotatable bonds is 4. The molecular formula is C7H14O2. The third-order valence-electron chi connectivity index (χ3n) is 1.59. The van der Waals surface area contributed by atoms with E-state index in [0.29, 0.717) is 12.2 Å². The van der Waals surface area contributed by atoms with Gasteiger partial charge in [-0.05, 0) is 6.42 Å². The van der Waals surface area contributed by atoms with E-state index in [2.05, 4.69) is 6.92 Å². The molecule has 2 atom stereocenters. The zero-order valence-corrected chi connectivity index (χ0v) is 6.09. The lowest BCUT2D eigenvalue weighted by Gasteiger charge is -1.89. The number of methoxy groups -OCH3 is 1. The summed E-state index contributed by atoms with van der Waals surface area (Å²) < 4.78 is 10.2. The fourth-order valence-corrected chi connectivity index (χ4v) is 1.03. The van der Waals surface area contributed by atoms with E-state index in [-0.39, 0.29) is 0 Å². The average Bonchev–Trinajstić information content (AvgIpc) is 2.50. The minimum absolute atomic E-state index is 0.412. The molecule has 0 spiro atoms. The van der Waals surface area contributed by atoms with E-state index < -0.39 is 0 Å². The van der Waals surface area contributed by atoms with E-state index in [4.69, 9.17) is 9.47 Å². The van der Waals surface area contributed by atoms with Gasteiger partial charge in [-0.3, -0.25) is 0 Å². The summed E-state index contributed by atoms with van der Waals surface area (Å²) in [6.45, 7) is 2.94. The van der Waals surface area contributed by atoms with Crippen LogP contribution in [-0.4, -0.2) is 25.9 Å². The molecule has 2 nitrogen and oxygen atoms in total. The highest BCUT2D eigenvalue weighted by Gasteiger charge is 2.37. The van der Waals surface area contributed by atoms with E-state index in [9.17, 15) is 0 Å². The number of epoxide rings is 1. The molecule has 9 heavy (non-hydrogen) atoms. The van der Waals surface area contributed by atoms with Crippen molar-refractivity contribution < 1.29 is 9.47 Å². The van der Waals surface area contributed by atoms with Gasteiger partial charge in [-0.1, -0.05) is 13.3 Å². The summed E-state index contributed by atoms with van der Waals surface area (Å²) in [4.78, 5) is 0. The van der Waals surface area contributed by atoms with Crippen molar-refractivity contribution in [3.63, 3.8) is 0 Å². The summed E-state index contributed by atoms with van der Waals surface area (Å²) in [6.07, 6.45) is 3.32. The van der Waals surface area contributed by atoms with Crippen molar-refractivity contribution in [3.05, 3.63) is 0 Å². The molecule has 0 N–H and O–H groups in total. The molecule has 1 saturated heterocycles. The van der Waals surface area contributed by atoms with Gasteiger partial charge in [-0.15, -0.1) is 0 Å². The minimum atomic E-state index is 0.412. The van der Waals surface area contributed by atoms with Crippen molar-refractivity contribution in [2.45, 2.75) is 32.0 Å². The topological polar surface area (TPSA) is 21.8 Å². The summed E-state index contributed by atoms with van der Waals surface area (Å²) in [5.41, 5.74) is 0. The lowest BCUT2D eigenvalue weighted by Crippen LogP contribution is -2.01. The van der Waals surface area contributed by atoms with Gasteiger partial charge >= 0.3 is 0 Å². The Hall–Kier alpha value is -0.0800. The van der Waals surface area contributed by atoms with E-state index in [1.165, 1.54) is 12.8 Å². The molecule has 0 aliphatic carbocycles. The van der Waals surface area contributed by atoms with Gasteiger partial charge in [0.25, 0.3) is 0 Å². The Kier molecular flexibility index (Phi) is 2.49. The second-order valence-corrected chi connectivity index (χ2v) is 2.46. The van der Waals surface area contributed by atoms with Crippen LogP contribution in [0.1, 0.15) is 19.8 Å². The molecule has 1 aliphatic heterocycles. The van der Waals surface area contributed by atoms with Gasteiger partial charge in [-0.25, -0.2) is 0 Å². The number of hydrogen-bond donors (Lipinski definition) is 0. The van der Waals surface area contributed by atoms with Crippen LogP contribution in [0, 0.1) is 0 Å². The predicted molar refractivity (Wildman–Crippen MR) is 35.4 cm³/mol. The van der Waals surface area contributed by atoms with Crippen LogP contribution in [-0.2, 0) is 9.47 Å². The first-order chi connectivity index (χ1) is 4.38. The molecule has 0 aromatic carbocycles. The van der Waals surface area contributed by atoms with Gasteiger partial charge in [0.15, 0.2) is 0 Å². The van der Waals surface area contributed by atoms with E-state index in [1.54, 1.807) is 7.11 Å². The molecule has 1 aliphatic rings. The highest BCUT2D eigenvalue weighted by molar-refractivity contribution is 4.83. The second-order valence-electron chi connectivity index (χ2n) is 2.46. The molecule has 1 rings (SSSR count). The van der Waals surface area contributed by atoms with Crippen molar-refractivity contribution in [1.29, 1.82) is 0 Å². The van der Waals surface area contributed by atoms with Crippen LogP contribution in [0.2, 0.25) is 0 Å². The normalized spacial score (nSPS) is 32.7. The van der Waals surface area contributed by atoms with Crippen LogP contribution in [0.4, 0.5) is 0 Å². The van der Waals surface area contributed by atoms with E-state index in [1.807, 2.05) is 0 Å². The third kappa shape index (κ3) is 1.95. The van der Waals surface area contributed by atoms with Crippen molar-refractivity contribution in [1.82, 2.24) is 0 Å². The van der Waals surface area contributed by atoms with E-state index >= 15 is 0 Å². The Bertz CT molecular complexity index is 73.0. The Morgan fingerprint density at radius 3 is 2.78 bits per heavy atom. The first-order valence-corrected chi connectivity index (χ1v) is 3.53. The molecule has 2 heteroatoms. The Morgan fingerprint density at radius 1 is 1.44 bits per heavy atom. The van der Waals surface area contributed by atoms with Crippen molar-refractivity contribution in [2.75, 3.05) is 13.7 Å². The zero-order chi connectivity index (χ0) is 6.69. The summed E-state index contributed by atoms with van der Waals surface area (Å²) in [6, 6.07) is 0. The molecule has 54 valence electrons. The van der Waals surface area contributed by atoms with Gasteiger partial charge in [0.1, 0.15) is 6.10 Å². The fraction of sp³-hybridized carbons (Fsp3) is 1.00. The van der Waals surface area contributed by atoms with Crippen molar-refractivity contribution >= 4 is 0 Å². The number of hydrogen-bond acceptors (Lipinski definition) is 2. The van der Waals surface area contributed by atoms with Crippen LogP contribution >= 0.6 is 0 Å². The van der Waals surface area contributed by atoms with Crippen LogP contribution in [0.15, 0.2) is 0 Å². The average molecular weight is 130 g/mol. The highest BCUT2D eigenvalue weighted by Crippen LogP contribution is 2.26. The van der Waals surface area contributed by atoms with Gasteiger partial charge in [0.05, 0.1) is 12.7 Å². The van der Waals surface area contributed by atoms with Crippen molar-refractivity contribution in [3.8, 4) is 0 Å². The summed E-state index contributed by atoms with van der Waals surface area (Å²) in [5, 5.41) is 0. The van der Waals surface area contributed by atoms with Gasteiger partial charge in [-0.2, -0.15) is 0 Å². The van der Waals surface area contributed by atoms with Crippen LogP contribution in [0.25, 0.3) is 0 Å². The molecule has 0 amide bonds. The summed E-state index contributed by atoms with van der Waals surface area (Å²) >= 11 is 0. The predicted octanol–water partition coefficient (Wildman–Crippen LogP) is 1.20. The standard InChI is InChI=1S/C7H14O2/c1-3-4-6-7(9-6)5-8-2/h6-7H,3-5H2,1-2H3/t6-,7+/m1/s1. The molecule has 0 radical (unpaired) electrons. The maximum absolute atomic E-state index is 5.27. The minimum Gasteiger partial charge on any atom is -0.382 e. The van der Waals surface area contributed by atoms with Crippen LogP contribution < -0.4 is 0 Å². The van der Waals surface area contributed by atoms with Crippen molar-refractivity contribution in [2.24, 2.45) is 0 Å². The molecule has 0 saturated carbocycles. The maximum Gasteiger partial charge on any atom is 0.107 e. The first-order valence-electron chi connectivity index (χ1n) is 3.53. The number of ether oxygens (including phenoxy) is 2. The molecule has 1 fully saturated rings.